The van der Waals surface area contributed by atoms with Gasteiger partial charge in [-0.15, -0.1) is 12.4 Å². The van der Waals surface area contributed by atoms with Crippen LogP contribution in [0.15, 0.2) is 0 Å². The van der Waals surface area contributed by atoms with Crippen molar-refractivity contribution in [3.05, 3.63) is 0 Å². The third kappa shape index (κ3) is 6.51. The average Bonchev–Trinajstić information content (AvgIpc) is 2.58. The predicted octanol–water partition coefficient (Wildman–Crippen LogP) is 2.71. The van der Waals surface area contributed by atoms with Crippen molar-refractivity contribution in [3.8, 4) is 0 Å². The van der Waals surface area contributed by atoms with E-state index in [1.807, 2.05) is 13.8 Å². The van der Waals surface area contributed by atoms with Crippen molar-refractivity contribution >= 4 is 47.0 Å². The van der Waals surface area contributed by atoms with Gasteiger partial charge in [0.25, 0.3) is 0 Å². The molecule has 0 radical (unpaired) electrons. The largest absolute Gasteiger partial charge is 0.389 e. The van der Waals surface area contributed by atoms with Gasteiger partial charge >= 0.3 is 0 Å². The van der Waals surface area contributed by atoms with E-state index in [9.17, 15) is 5.11 Å². The molecule has 0 aliphatic rings. The highest BCUT2D eigenvalue weighted by molar-refractivity contribution is 5.94. The van der Waals surface area contributed by atoms with E-state index in [1.54, 1.807) is 13.8 Å². The number of rotatable bonds is 10. The molecule has 152 valence electrons. The van der Waals surface area contributed by atoms with Gasteiger partial charge in [0.15, 0.2) is 11.6 Å². The van der Waals surface area contributed by atoms with Gasteiger partial charge in [0.2, 0.25) is 11.9 Å². The van der Waals surface area contributed by atoms with Crippen LogP contribution < -0.4 is 21.3 Å². The molecule has 2 aromatic heterocycles. The van der Waals surface area contributed by atoms with Crippen LogP contribution in [-0.4, -0.2) is 56.8 Å². The fraction of sp³-hybridized carbons (Fsp3) is 0.647. The molecule has 0 saturated heterocycles. The lowest BCUT2D eigenvalue weighted by Gasteiger charge is -2.19. The van der Waals surface area contributed by atoms with Crippen molar-refractivity contribution in [3.63, 3.8) is 0 Å². The Labute approximate surface area is 166 Å². The molecule has 0 aliphatic carbocycles. The zero-order valence-electron chi connectivity index (χ0n) is 16.7. The molecule has 9 nitrogen and oxygen atoms in total. The lowest BCUT2D eigenvalue weighted by atomic mass is 10.1. The topological polar surface area (TPSA) is 120 Å². The van der Waals surface area contributed by atoms with Gasteiger partial charge in [0.1, 0.15) is 11.0 Å². The van der Waals surface area contributed by atoms with Gasteiger partial charge in [-0.2, -0.15) is 9.97 Å². The summed E-state index contributed by atoms with van der Waals surface area (Å²) in [7, 11) is 0. The fourth-order valence-corrected chi connectivity index (χ4v) is 2.29. The molecule has 0 atom stereocenters. The molecule has 0 saturated carbocycles. The number of halogens is 1. The molecule has 0 aromatic carbocycles. The van der Waals surface area contributed by atoms with Crippen molar-refractivity contribution in [2.24, 2.45) is 0 Å². The zero-order valence-corrected chi connectivity index (χ0v) is 17.5. The monoisotopic (exact) mass is 398 g/mol. The van der Waals surface area contributed by atoms with E-state index in [0.717, 1.165) is 13.0 Å². The molecule has 0 bridgehead atoms. The van der Waals surface area contributed by atoms with Gasteiger partial charge in [-0.3, -0.25) is 0 Å². The standard InChI is InChI=1S/C17H30N8O.ClH/c1-6-9-20-15-22-11-12(13(24-15)18-7-2)23-16(21-10-17(4,5)26)25-14(11)19-8-3;/h26H,6-10H2,1-5H3,(H2,18,20,22,24)(H2,19,21,23,25);1H. The molecular formula is C17H31ClN8O. The first kappa shape index (κ1) is 22.9. The Hall–Kier alpha value is -2.13. The summed E-state index contributed by atoms with van der Waals surface area (Å²) in [6, 6.07) is 0. The number of hydrogen-bond acceptors (Lipinski definition) is 9. The number of nitrogens with zero attached hydrogens (tertiary/aromatic N) is 4. The maximum absolute atomic E-state index is 9.94. The van der Waals surface area contributed by atoms with Crippen LogP contribution in [0.1, 0.15) is 41.0 Å². The molecule has 2 rings (SSSR count). The molecular weight excluding hydrogens is 368 g/mol. The fourth-order valence-electron chi connectivity index (χ4n) is 2.29. The SMILES string of the molecule is CCCNc1nc(NCC)c2nc(NCC(C)(C)O)nc(NCC)c2n1.Cl. The normalized spacial score (nSPS) is 11.0. The van der Waals surface area contributed by atoms with Gasteiger partial charge in [0, 0.05) is 26.2 Å². The first-order chi connectivity index (χ1) is 12.4. The van der Waals surface area contributed by atoms with Gasteiger partial charge in [-0.25, -0.2) is 9.97 Å². The lowest BCUT2D eigenvalue weighted by molar-refractivity contribution is 0.0943. The summed E-state index contributed by atoms with van der Waals surface area (Å²) >= 11 is 0. The van der Waals surface area contributed by atoms with Crippen LogP contribution in [0.3, 0.4) is 0 Å². The molecule has 2 heterocycles. The number of aromatic nitrogens is 4. The van der Waals surface area contributed by atoms with Gasteiger partial charge in [-0.1, -0.05) is 6.92 Å². The van der Waals surface area contributed by atoms with Gasteiger partial charge in [-0.05, 0) is 34.1 Å². The predicted molar refractivity (Wildman–Crippen MR) is 114 cm³/mol. The lowest BCUT2D eigenvalue weighted by Crippen LogP contribution is -2.30. The van der Waals surface area contributed by atoms with Crippen LogP contribution in [0, 0.1) is 0 Å². The quantitative estimate of drug-likeness (QED) is 0.411. The summed E-state index contributed by atoms with van der Waals surface area (Å²) < 4.78 is 0. The third-order valence-electron chi connectivity index (χ3n) is 3.44. The maximum Gasteiger partial charge on any atom is 0.225 e. The molecule has 5 N–H and O–H groups in total. The summed E-state index contributed by atoms with van der Waals surface area (Å²) in [4.78, 5) is 18.2. The van der Waals surface area contributed by atoms with Crippen LogP contribution in [0.5, 0.6) is 0 Å². The molecule has 27 heavy (non-hydrogen) atoms. The zero-order chi connectivity index (χ0) is 19.2. The summed E-state index contributed by atoms with van der Waals surface area (Å²) in [6.45, 7) is 12.1. The van der Waals surface area contributed by atoms with Crippen LogP contribution in [0.2, 0.25) is 0 Å². The Kier molecular flexibility index (Phi) is 8.71. The van der Waals surface area contributed by atoms with Crippen molar-refractivity contribution in [1.82, 2.24) is 19.9 Å². The van der Waals surface area contributed by atoms with E-state index in [2.05, 4.69) is 48.1 Å². The first-order valence-corrected chi connectivity index (χ1v) is 9.15. The van der Waals surface area contributed by atoms with Crippen LogP contribution in [0.4, 0.5) is 23.5 Å². The van der Waals surface area contributed by atoms with Gasteiger partial charge in [0.05, 0.1) is 5.60 Å². The van der Waals surface area contributed by atoms with E-state index in [0.29, 0.717) is 54.2 Å². The Morgan fingerprint density at radius 3 is 1.67 bits per heavy atom. The second-order valence-corrected chi connectivity index (χ2v) is 6.64. The summed E-state index contributed by atoms with van der Waals surface area (Å²) in [5, 5.41) is 22.7. The van der Waals surface area contributed by atoms with Crippen molar-refractivity contribution in [1.29, 1.82) is 0 Å². The second kappa shape index (κ2) is 10.3. The van der Waals surface area contributed by atoms with Crippen LogP contribution in [0.25, 0.3) is 11.0 Å². The number of anilines is 4. The maximum atomic E-state index is 9.94. The highest BCUT2D eigenvalue weighted by atomic mass is 35.5. The number of hydrogen-bond donors (Lipinski definition) is 5. The van der Waals surface area contributed by atoms with Crippen molar-refractivity contribution in [2.45, 2.75) is 46.6 Å². The van der Waals surface area contributed by atoms with Gasteiger partial charge < -0.3 is 26.4 Å². The van der Waals surface area contributed by atoms with E-state index in [4.69, 9.17) is 0 Å². The molecule has 2 aromatic rings. The number of nitrogens with one attached hydrogen (secondary N) is 4. The highest BCUT2D eigenvalue weighted by Gasteiger charge is 2.17. The van der Waals surface area contributed by atoms with E-state index >= 15 is 0 Å². The van der Waals surface area contributed by atoms with Crippen molar-refractivity contribution < 1.29 is 5.11 Å². The van der Waals surface area contributed by atoms with E-state index < -0.39 is 5.60 Å². The Bertz CT molecular complexity index is 735. The highest BCUT2D eigenvalue weighted by Crippen LogP contribution is 2.27. The average molecular weight is 399 g/mol. The molecule has 0 aliphatic heterocycles. The molecule has 0 spiro atoms. The summed E-state index contributed by atoms with van der Waals surface area (Å²) in [5.74, 6) is 2.27. The number of fused-ring (bicyclic) bond motifs is 1. The molecule has 0 amide bonds. The minimum atomic E-state index is -0.869. The minimum absolute atomic E-state index is 0. The smallest absolute Gasteiger partial charge is 0.225 e. The van der Waals surface area contributed by atoms with E-state index in [-0.39, 0.29) is 12.4 Å². The first-order valence-electron chi connectivity index (χ1n) is 9.15. The van der Waals surface area contributed by atoms with Crippen LogP contribution >= 0.6 is 12.4 Å². The Morgan fingerprint density at radius 1 is 0.778 bits per heavy atom. The van der Waals surface area contributed by atoms with E-state index in [1.165, 1.54) is 0 Å². The third-order valence-corrected chi connectivity index (χ3v) is 3.44. The second-order valence-electron chi connectivity index (χ2n) is 6.64. The van der Waals surface area contributed by atoms with Crippen LogP contribution in [-0.2, 0) is 0 Å². The molecule has 10 heteroatoms. The summed E-state index contributed by atoms with van der Waals surface area (Å²) in [6.07, 6.45) is 0.980. The Balaban J connectivity index is 0.00000364. The number of aliphatic hydroxyl groups is 1. The summed E-state index contributed by atoms with van der Waals surface area (Å²) in [5.41, 5.74) is 0.425. The minimum Gasteiger partial charge on any atom is -0.389 e. The van der Waals surface area contributed by atoms with Crippen molar-refractivity contribution in [2.75, 3.05) is 47.4 Å². The Morgan fingerprint density at radius 2 is 1.26 bits per heavy atom. The molecule has 0 fully saturated rings. The molecule has 0 unspecified atom stereocenters.